The molecule has 0 atom stereocenters. The maximum absolute atomic E-state index is 12.7. The summed E-state index contributed by atoms with van der Waals surface area (Å²) < 4.78 is 5.10. The van der Waals surface area contributed by atoms with E-state index in [0.717, 1.165) is 9.75 Å². The normalized spacial score (nSPS) is 11.4. The third-order valence-electron chi connectivity index (χ3n) is 3.13. The van der Waals surface area contributed by atoms with Gasteiger partial charge in [0.15, 0.2) is 5.41 Å². The number of aromatic amines is 1. The molecule has 0 aliphatic carbocycles. The number of nitrogens with one attached hydrogen (secondary N) is 1. The van der Waals surface area contributed by atoms with Gasteiger partial charge in [-0.2, -0.15) is 0 Å². The summed E-state index contributed by atoms with van der Waals surface area (Å²) in [5.41, 5.74) is -1.01. The van der Waals surface area contributed by atoms with Gasteiger partial charge in [-0.05, 0) is 22.9 Å². The maximum Gasteiger partial charge on any atom is 0.330 e. The van der Waals surface area contributed by atoms with Crippen LogP contribution in [-0.4, -0.2) is 23.0 Å². The van der Waals surface area contributed by atoms with Gasteiger partial charge in [-0.1, -0.05) is 12.1 Å². The van der Waals surface area contributed by atoms with E-state index in [-0.39, 0.29) is 5.97 Å². The second-order valence-corrected chi connectivity index (χ2v) is 6.03. The number of rotatable bonds is 4. The molecule has 0 amide bonds. The first-order valence-electron chi connectivity index (χ1n) is 5.96. The minimum Gasteiger partial charge on any atom is -0.468 e. The molecule has 0 aliphatic rings. The van der Waals surface area contributed by atoms with Crippen molar-refractivity contribution in [1.82, 2.24) is 9.97 Å². The molecule has 3 heterocycles. The lowest BCUT2D eigenvalue weighted by molar-refractivity contribution is -0.144. The first-order chi connectivity index (χ1) is 9.80. The average Bonchev–Trinajstić information content (AvgIpc) is 3.23. The van der Waals surface area contributed by atoms with Gasteiger partial charge in [0.1, 0.15) is 5.82 Å². The SMILES string of the molecule is COC(=O)C(c1ncc[nH]1)(c1cccs1)c1cccs1. The van der Waals surface area contributed by atoms with Crippen molar-refractivity contribution in [3.63, 3.8) is 0 Å². The molecule has 0 spiro atoms. The van der Waals surface area contributed by atoms with E-state index in [1.807, 2.05) is 35.0 Å². The number of carbonyl (C=O) groups excluding carboxylic acids is 1. The fourth-order valence-corrected chi connectivity index (χ4v) is 4.18. The number of methoxy groups -OCH3 is 1. The van der Waals surface area contributed by atoms with Gasteiger partial charge in [-0.15, -0.1) is 22.7 Å². The van der Waals surface area contributed by atoms with Crippen molar-refractivity contribution in [3.05, 3.63) is 63.0 Å². The van der Waals surface area contributed by atoms with Crippen molar-refractivity contribution >= 4 is 28.6 Å². The lowest BCUT2D eigenvalue weighted by Gasteiger charge is -2.27. The molecule has 0 saturated carbocycles. The first kappa shape index (κ1) is 13.1. The highest BCUT2D eigenvalue weighted by Gasteiger charge is 2.49. The highest BCUT2D eigenvalue weighted by molar-refractivity contribution is 7.12. The number of carbonyl (C=O) groups is 1. The van der Waals surface area contributed by atoms with Crippen molar-refractivity contribution in [1.29, 1.82) is 0 Å². The Bertz CT molecular complexity index is 589. The molecule has 0 radical (unpaired) electrons. The number of esters is 1. The smallest absolute Gasteiger partial charge is 0.330 e. The molecule has 0 fully saturated rings. The fourth-order valence-electron chi connectivity index (χ4n) is 2.26. The number of thiophene rings is 2. The Hall–Kier alpha value is -1.92. The zero-order valence-electron chi connectivity index (χ0n) is 10.7. The van der Waals surface area contributed by atoms with Crippen LogP contribution in [0.1, 0.15) is 15.6 Å². The monoisotopic (exact) mass is 304 g/mol. The standard InChI is InChI=1S/C14H12N2O2S2/c1-18-13(17)14(10-4-2-8-19-10,11-5-3-9-20-11)12-15-6-7-16-12/h2-9H,1H3,(H,15,16). The van der Waals surface area contributed by atoms with Crippen molar-refractivity contribution in [3.8, 4) is 0 Å². The average molecular weight is 304 g/mol. The summed E-state index contributed by atoms with van der Waals surface area (Å²) in [6.07, 6.45) is 3.36. The molecule has 1 N–H and O–H groups in total. The van der Waals surface area contributed by atoms with Crippen LogP contribution in [0.2, 0.25) is 0 Å². The molecule has 0 bridgehead atoms. The maximum atomic E-state index is 12.7. The van der Waals surface area contributed by atoms with Crippen LogP contribution in [0.3, 0.4) is 0 Å². The minimum atomic E-state index is -1.01. The van der Waals surface area contributed by atoms with E-state index >= 15 is 0 Å². The van der Waals surface area contributed by atoms with E-state index in [9.17, 15) is 4.79 Å². The van der Waals surface area contributed by atoms with Gasteiger partial charge < -0.3 is 9.72 Å². The number of hydrogen-bond acceptors (Lipinski definition) is 5. The number of hydrogen-bond donors (Lipinski definition) is 1. The number of H-pyrrole nitrogens is 1. The number of imidazole rings is 1. The summed E-state index contributed by atoms with van der Waals surface area (Å²) in [5.74, 6) is 0.242. The predicted molar refractivity (Wildman–Crippen MR) is 79.1 cm³/mol. The van der Waals surface area contributed by atoms with E-state index in [1.54, 1.807) is 12.4 Å². The van der Waals surface area contributed by atoms with Crippen molar-refractivity contribution in [2.75, 3.05) is 7.11 Å². The van der Waals surface area contributed by atoms with Crippen LogP contribution in [0.15, 0.2) is 47.4 Å². The quantitative estimate of drug-likeness (QED) is 0.754. The molecular formula is C14H12N2O2S2. The molecule has 6 heteroatoms. The lowest BCUT2D eigenvalue weighted by atomic mass is 9.83. The third-order valence-corrected chi connectivity index (χ3v) is 5.11. The number of nitrogens with zero attached hydrogens (tertiary/aromatic N) is 1. The van der Waals surface area contributed by atoms with Crippen LogP contribution in [-0.2, 0) is 14.9 Å². The van der Waals surface area contributed by atoms with Gasteiger partial charge >= 0.3 is 5.97 Å². The zero-order chi connectivity index (χ0) is 14.0. The van der Waals surface area contributed by atoms with Crippen LogP contribution in [0.4, 0.5) is 0 Å². The molecule has 20 heavy (non-hydrogen) atoms. The Morgan fingerprint density at radius 3 is 2.30 bits per heavy atom. The second-order valence-electron chi connectivity index (χ2n) is 4.13. The summed E-state index contributed by atoms with van der Waals surface area (Å²) >= 11 is 3.03. The van der Waals surface area contributed by atoms with E-state index in [2.05, 4.69) is 9.97 Å². The molecule has 3 aromatic rings. The Labute approximate surface area is 124 Å². The summed E-state index contributed by atoms with van der Waals surface area (Å²) in [6.45, 7) is 0. The van der Waals surface area contributed by atoms with Crippen LogP contribution in [0, 0.1) is 0 Å². The Balaban J connectivity index is 2.33. The summed E-state index contributed by atoms with van der Waals surface area (Å²) in [7, 11) is 1.40. The van der Waals surface area contributed by atoms with E-state index in [0.29, 0.717) is 5.82 Å². The molecule has 3 rings (SSSR count). The van der Waals surface area contributed by atoms with Gasteiger partial charge in [-0.3, -0.25) is 4.79 Å². The molecule has 102 valence electrons. The molecule has 0 saturated heterocycles. The molecular weight excluding hydrogens is 292 g/mol. The van der Waals surface area contributed by atoms with Gasteiger partial charge in [0.05, 0.1) is 7.11 Å². The summed E-state index contributed by atoms with van der Waals surface area (Å²) in [5, 5.41) is 3.90. The molecule has 4 nitrogen and oxygen atoms in total. The zero-order valence-corrected chi connectivity index (χ0v) is 12.3. The van der Waals surface area contributed by atoms with E-state index in [1.165, 1.54) is 29.8 Å². The number of ether oxygens (including phenoxy) is 1. The summed E-state index contributed by atoms with van der Waals surface area (Å²) in [6, 6.07) is 7.72. The molecule has 3 aromatic heterocycles. The molecule has 0 unspecified atom stereocenters. The largest absolute Gasteiger partial charge is 0.468 e. The molecule has 0 aliphatic heterocycles. The minimum absolute atomic E-state index is 0.336. The Morgan fingerprint density at radius 2 is 1.90 bits per heavy atom. The number of aromatic nitrogens is 2. The van der Waals surface area contributed by atoms with E-state index in [4.69, 9.17) is 4.74 Å². The predicted octanol–water partition coefficient (Wildman–Crippen LogP) is 3.04. The van der Waals surface area contributed by atoms with Crippen molar-refractivity contribution in [2.45, 2.75) is 5.41 Å². The topological polar surface area (TPSA) is 55.0 Å². The van der Waals surface area contributed by atoms with Gasteiger partial charge in [0.2, 0.25) is 0 Å². The highest BCUT2D eigenvalue weighted by atomic mass is 32.1. The van der Waals surface area contributed by atoms with Gasteiger partial charge in [-0.25, -0.2) is 4.98 Å². The van der Waals surface area contributed by atoms with Crippen LogP contribution < -0.4 is 0 Å². The van der Waals surface area contributed by atoms with Crippen molar-refractivity contribution in [2.24, 2.45) is 0 Å². The third kappa shape index (κ3) is 1.80. The fraction of sp³-hybridized carbons (Fsp3) is 0.143. The van der Waals surface area contributed by atoms with Crippen LogP contribution in [0.5, 0.6) is 0 Å². The lowest BCUT2D eigenvalue weighted by Crippen LogP contribution is -2.39. The molecule has 0 aromatic carbocycles. The Morgan fingerprint density at radius 1 is 1.25 bits per heavy atom. The van der Waals surface area contributed by atoms with Crippen LogP contribution in [0.25, 0.3) is 0 Å². The second kappa shape index (κ2) is 5.22. The van der Waals surface area contributed by atoms with Gasteiger partial charge in [0.25, 0.3) is 0 Å². The Kier molecular flexibility index (Phi) is 3.42. The highest BCUT2D eigenvalue weighted by Crippen LogP contribution is 2.42. The first-order valence-corrected chi connectivity index (χ1v) is 7.72. The van der Waals surface area contributed by atoms with Crippen molar-refractivity contribution < 1.29 is 9.53 Å². The van der Waals surface area contributed by atoms with Gasteiger partial charge in [0, 0.05) is 22.1 Å². The van der Waals surface area contributed by atoms with E-state index < -0.39 is 5.41 Å². The summed E-state index contributed by atoms with van der Waals surface area (Å²) in [4.78, 5) is 21.8. The van der Waals surface area contributed by atoms with Crippen LogP contribution >= 0.6 is 22.7 Å².